The summed E-state index contributed by atoms with van der Waals surface area (Å²) in [6.45, 7) is 1.45. The standard InChI is InChI=1S/C32H33F2N7O3/c1-35-22-9-21(33)26(34)24-25-28(41-12-15-6-5-7-23(39(2)3)19(15)14-41)18(11-36-30(25)38-27(22)24)16-8-17-29(42)20(32(43)44)13-40(4)31(17)37-10-16/h8-11,13,15,19,23,35H,5-7,12,14H2,1-4H3,(H,36,38)(H,43,44)/t15-,19+,23-/m1/s1. The Kier molecular flexibility index (Phi) is 6.58. The van der Waals surface area contributed by atoms with Crippen molar-refractivity contribution in [1.82, 2.24) is 24.4 Å². The second-order valence-electron chi connectivity index (χ2n) is 12.3. The number of hydrogen-bond donors (Lipinski definition) is 3. The number of aryl methyl sites for hydroxylation is 1. The molecular formula is C32H33F2N7O3. The summed E-state index contributed by atoms with van der Waals surface area (Å²) >= 11 is 0. The number of fused-ring (bicyclic) bond motifs is 5. The van der Waals surface area contributed by atoms with Gasteiger partial charge >= 0.3 is 5.97 Å². The molecule has 0 radical (unpaired) electrons. The van der Waals surface area contributed by atoms with Crippen LogP contribution in [0.25, 0.3) is 44.1 Å². The Balaban J connectivity index is 1.53. The van der Waals surface area contributed by atoms with Gasteiger partial charge in [-0.15, -0.1) is 0 Å². The van der Waals surface area contributed by atoms with Crippen LogP contribution in [0.2, 0.25) is 0 Å². The number of aromatic amines is 1. The molecule has 0 unspecified atom stereocenters. The summed E-state index contributed by atoms with van der Waals surface area (Å²) in [4.78, 5) is 42.0. The number of carbonyl (C=O) groups is 1. The maximum absolute atomic E-state index is 15.8. The fraction of sp³-hybridized carbons (Fsp3) is 0.375. The van der Waals surface area contributed by atoms with Gasteiger partial charge in [0.25, 0.3) is 0 Å². The Morgan fingerprint density at radius 2 is 1.93 bits per heavy atom. The minimum atomic E-state index is -1.33. The lowest BCUT2D eigenvalue weighted by molar-refractivity contribution is 0.0695. The van der Waals surface area contributed by atoms with Crippen LogP contribution in [-0.4, -0.2) is 75.8 Å². The van der Waals surface area contributed by atoms with E-state index in [0.717, 1.165) is 31.9 Å². The fourth-order valence-corrected chi connectivity index (χ4v) is 7.61. The first-order valence-corrected chi connectivity index (χ1v) is 14.7. The summed E-state index contributed by atoms with van der Waals surface area (Å²) < 4.78 is 32.3. The van der Waals surface area contributed by atoms with E-state index < -0.39 is 23.0 Å². The smallest absolute Gasteiger partial charge is 0.341 e. The monoisotopic (exact) mass is 601 g/mol. The molecule has 0 bridgehead atoms. The van der Waals surface area contributed by atoms with E-state index in [1.807, 2.05) is 0 Å². The van der Waals surface area contributed by atoms with E-state index in [4.69, 9.17) is 0 Å². The van der Waals surface area contributed by atoms with Crippen molar-refractivity contribution >= 4 is 50.3 Å². The number of aromatic nitrogens is 4. The molecule has 1 aromatic carbocycles. The Morgan fingerprint density at radius 3 is 2.66 bits per heavy atom. The van der Waals surface area contributed by atoms with Crippen molar-refractivity contribution in [3.8, 4) is 11.1 Å². The summed E-state index contributed by atoms with van der Waals surface area (Å²) in [7, 11) is 7.50. The molecule has 1 saturated heterocycles. The van der Waals surface area contributed by atoms with Crippen LogP contribution in [0.15, 0.2) is 35.5 Å². The molecule has 2 aliphatic rings. The van der Waals surface area contributed by atoms with E-state index in [1.165, 1.54) is 10.8 Å². The lowest BCUT2D eigenvalue weighted by atomic mass is 9.77. The quantitative estimate of drug-likeness (QED) is 0.263. The first-order chi connectivity index (χ1) is 21.1. The van der Waals surface area contributed by atoms with E-state index in [1.54, 1.807) is 32.6 Å². The number of carboxylic acids is 1. The van der Waals surface area contributed by atoms with Crippen LogP contribution in [-0.2, 0) is 7.05 Å². The number of benzene rings is 1. The summed E-state index contributed by atoms with van der Waals surface area (Å²) in [6, 6.07) is 3.15. The highest BCUT2D eigenvalue weighted by molar-refractivity contribution is 6.18. The number of pyridine rings is 3. The van der Waals surface area contributed by atoms with Crippen molar-refractivity contribution in [2.45, 2.75) is 25.3 Å². The lowest BCUT2D eigenvalue weighted by Crippen LogP contribution is -2.41. The third kappa shape index (κ3) is 4.15. The molecule has 1 saturated carbocycles. The number of anilines is 2. The van der Waals surface area contributed by atoms with Gasteiger partial charge in [0, 0.05) is 69.0 Å². The normalized spacial score (nSPS) is 20.2. The van der Waals surface area contributed by atoms with Gasteiger partial charge in [-0.2, -0.15) is 0 Å². The summed E-state index contributed by atoms with van der Waals surface area (Å²) in [5.41, 5.74) is 2.37. The molecule has 0 amide bonds. The van der Waals surface area contributed by atoms with Crippen LogP contribution < -0.4 is 15.6 Å². The van der Waals surface area contributed by atoms with Gasteiger partial charge in [0.1, 0.15) is 16.9 Å². The molecule has 1 aliphatic heterocycles. The van der Waals surface area contributed by atoms with Crippen molar-refractivity contribution in [2.75, 3.05) is 44.4 Å². The highest BCUT2D eigenvalue weighted by Crippen LogP contribution is 2.47. The van der Waals surface area contributed by atoms with Crippen LogP contribution in [0.5, 0.6) is 0 Å². The predicted molar refractivity (Wildman–Crippen MR) is 167 cm³/mol. The van der Waals surface area contributed by atoms with E-state index in [0.29, 0.717) is 69.1 Å². The zero-order valence-electron chi connectivity index (χ0n) is 24.9. The van der Waals surface area contributed by atoms with Crippen LogP contribution >= 0.6 is 0 Å². The number of H-pyrrole nitrogens is 1. The molecule has 5 aromatic rings. The maximum Gasteiger partial charge on any atom is 0.341 e. The van der Waals surface area contributed by atoms with Gasteiger partial charge in [-0.25, -0.2) is 23.5 Å². The summed E-state index contributed by atoms with van der Waals surface area (Å²) in [6.07, 6.45) is 7.85. The minimum Gasteiger partial charge on any atom is -0.477 e. The van der Waals surface area contributed by atoms with E-state index in [2.05, 4.69) is 44.2 Å². The molecule has 228 valence electrons. The Morgan fingerprint density at radius 1 is 1.14 bits per heavy atom. The van der Waals surface area contributed by atoms with Gasteiger partial charge in [-0.1, -0.05) is 6.42 Å². The number of halogens is 2. The molecule has 10 nitrogen and oxygen atoms in total. The topological polar surface area (TPSA) is 119 Å². The van der Waals surface area contributed by atoms with Crippen LogP contribution in [0, 0.1) is 23.5 Å². The number of aromatic carboxylic acids is 1. The molecule has 4 aromatic heterocycles. The average Bonchev–Trinajstić information content (AvgIpc) is 3.62. The first kappa shape index (κ1) is 28.2. The van der Waals surface area contributed by atoms with Crippen molar-refractivity contribution in [3.05, 3.63) is 58.1 Å². The van der Waals surface area contributed by atoms with Crippen molar-refractivity contribution in [2.24, 2.45) is 18.9 Å². The first-order valence-electron chi connectivity index (χ1n) is 14.7. The highest BCUT2D eigenvalue weighted by atomic mass is 19.2. The Labute approximate surface area is 251 Å². The zero-order chi connectivity index (χ0) is 31.0. The molecule has 1 aliphatic carbocycles. The van der Waals surface area contributed by atoms with Gasteiger partial charge in [-0.05, 0) is 44.8 Å². The van der Waals surface area contributed by atoms with Crippen LogP contribution in [0.4, 0.5) is 20.2 Å². The molecule has 5 heterocycles. The minimum absolute atomic E-state index is 0.102. The molecule has 12 heteroatoms. The second kappa shape index (κ2) is 10.3. The van der Waals surface area contributed by atoms with Gasteiger partial charge < -0.3 is 29.8 Å². The van der Waals surface area contributed by atoms with E-state index in [9.17, 15) is 14.7 Å². The maximum atomic E-state index is 15.8. The van der Waals surface area contributed by atoms with E-state index in [-0.39, 0.29) is 16.3 Å². The Hall–Kier alpha value is -4.58. The molecule has 3 atom stereocenters. The summed E-state index contributed by atoms with van der Waals surface area (Å²) in [5.74, 6) is -2.46. The highest BCUT2D eigenvalue weighted by Gasteiger charge is 2.42. The zero-order valence-corrected chi connectivity index (χ0v) is 24.9. The van der Waals surface area contributed by atoms with Gasteiger partial charge in [0.05, 0.1) is 33.1 Å². The van der Waals surface area contributed by atoms with Crippen LogP contribution in [0.3, 0.4) is 0 Å². The second-order valence-corrected chi connectivity index (χ2v) is 12.3. The largest absolute Gasteiger partial charge is 0.477 e. The van der Waals surface area contributed by atoms with E-state index >= 15 is 8.78 Å². The number of carboxylic acid groups (broad SMARTS) is 1. The third-order valence-corrected chi connectivity index (χ3v) is 9.63. The van der Waals surface area contributed by atoms with Gasteiger partial charge in [0.2, 0.25) is 5.43 Å². The van der Waals surface area contributed by atoms with Crippen molar-refractivity contribution < 1.29 is 18.7 Å². The van der Waals surface area contributed by atoms with Crippen molar-refractivity contribution in [1.29, 1.82) is 0 Å². The molecule has 2 fully saturated rings. The molecule has 7 rings (SSSR count). The number of rotatable bonds is 5. The van der Waals surface area contributed by atoms with Gasteiger partial charge in [0.15, 0.2) is 11.6 Å². The lowest BCUT2D eigenvalue weighted by Gasteiger charge is -2.37. The molecule has 44 heavy (non-hydrogen) atoms. The SMILES string of the molecule is CNc1cc(F)c(F)c2c1[nH]c1ncc(-c3cnc4c(c3)c(=O)c(C(=O)O)cn4C)c(N3C[C@H]4CCC[C@@H](N(C)C)[C@H]4C3)c12. The molecule has 0 spiro atoms. The average molecular weight is 602 g/mol. The number of nitrogens with zero attached hydrogens (tertiary/aromatic N) is 5. The third-order valence-electron chi connectivity index (χ3n) is 9.63. The number of hydrogen-bond acceptors (Lipinski definition) is 7. The van der Waals surface area contributed by atoms with Gasteiger partial charge in [-0.3, -0.25) is 4.79 Å². The predicted octanol–water partition coefficient (Wildman–Crippen LogP) is 4.81. The van der Waals surface area contributed by atoms with Crippen molar-refractivity contribution in [3.63, 3.8) is 0 Å². The molecule has 3 N–H and O–H groups in total. The summed E-state index contributed by atoms with van der Waals surface area (Å²) in [5, 5.41) is 13.3. The Bertz CT molecular complexity index is 2050. The number of nitrogens with one attached hydrogen (secondary N) is 2. The van der Waals surface area contributed by atoms with Crippen LogP contribution in [0.1, 0.15) is 29.6 Å². The fourth-order valence-electron chi connectivity index (χ4n) is 7.61. The molecular weight excluding hydrogens is 568 g/mol.